The van der Waals surface area contributed by atoms with Crippen molar-refractivity contribution in [2.45, 2.75) is 32.2 Å². The van der Waals surface area contributed by atoms with Crippen molar-refractivity contribution in [3.8, 4) is 0 Å². The smallest absolute Gasteiger partial charge is 0.315 e. The quantitative estimate of drug-likeness (QED) is 0.774. The molecule has 1 heterocycles. The van der Waals surface area contributed by atoms with Gasteiger partial charge in [-0.3, -0.25) is 4.79 Å². The molecule has 22 heavy (non-hydrogen) atoms. The highest BCUT2D eigenvalue weighted by molar-refractivity contribution is 5.88. The molecule has 1 aliphatic heterocycles. The highest BCUT2D eigenvalue weighted by Crippen LogP contribution is 2.09. The molecule has 3 N–H and O–H groups in total. The molecule has 3 amide bonds. The number of ether oxygens (including phenoxy) is 1. The zero-order valence-corrected chi connectivity index (χ0v) is 12.9. The number of benzene rings is 1. The predicted octanol–water partition coefficient (Wildman–Crippen LogP) is 1.67. The second-order valence-corrected chi connectivity index (χ2v) is 5.41. The molecule has 1 aromatic carbocycles. The minimum absolute atomic E-state index is 0.0841. The van der Waals surface area contributed by atoms with Crippen LogP contribution >= 0.6 is 0 Å². The van der Waals surface area contributed by atoms with Crippen LogP contribution in [0.5, 0.6) is 0 Å². The Labute approximate surface area is 130 Å². The lowest BCUT2D eigenvalue weighted by atomic mass is 10.1. The summed E-state index contributed by atoms with van der Waals surface area (Å²) in [5, 5.41) is 8.55. The summed E-state index contributed by atoms with van der Waals surface area (Å²) in [6.07, 6.45) is 2.50. The van der Waals surface area contributed by atoms with Gasteiger partial charge in [-0.2, -0.15) is 0 Å². The molecule has 0 radical (unpaired) electrons. The molecule has 6 heteroatoms. The molecule has 0 atom stereocenters. The van der Waals surface area contributed by atoms with E-state index in [1.807, 2.05) is 24.3 Å². The summed E-state index contributed by atoms with van der Waals surface area (Å²) in [6, 6.07) is 7.71. The fourth-order valence-corrected chi connectivity index (χ4v) is 2.36. The third kappa shape index (κ3) is 5.73. The highest BCUT2D eigenvalue weighted by atomic mass is 16.5. The maximum Gasteiger partial charge on any atom is 0.315 e. The van der Waals surface area contributed by atoms with Crippen molar-refractivity contribution in [2.24, 2.45) is 0 Å². The average molecular weight is 305 g/mol. The van der Waals surface area contributed by atoms with Gasteiger partial charge in [-0.15, -0.1) is 0 Å². The van der Waals surface area contributed by atoms with Gasteiger partial charge >= 0.3 is 6.03 Å². The number of carbonyl (C=O) groups is 2. The number of nitrogens with one attached hydrogen (secondary N) is 3. The SMILES string of the molecule is CC(=O)Nc1ccc(CCNC(=O)NC2CCOCC2)cc1. The summed E-state index contributed by atoms with van der Waals surface area (Å²) in [6.45, 7) is 3.49. The molecule has 1 fully saturated rings. The monoisotopic (exact) mass is 305 g/mol. The van der Waals surface area contributed by atoms with Gasteiger partial charge in [0, 0.05) is 38.4 Å². The summed E-state index contributed by atoms with van der Waals surface area (Å²) in [5.41, 5.74) is 1.89. The third-order valence-electron chi connectivity index (χ3n) is 3.53. The molecule has 1 aliphatic rings. The van der Waals surface area contributed by atoms with Crippen LogP contribution in [0.2, 0.25) is 0 Å². The molecule has 2 rings (SSSR count). The van der Waals surface area contributed by atoms with E-state index < -0.39 is 0 Å². The molecule has 1 aromatic rings. The van der Waals surface area contributed by atoms with Crippen molar-refractivity contribution in [3.63, 3.8) is 0 Å². The van der Waals surface area contributed by atoms with Crippen LogP contribution in [0.25, 0.3) is 0 Å². The summed E-state index contributed by atoms with van der Waals surface area (Å²) >= 11 is 0. The second-order valence-electron chi connectivity index (χ2n) is 5.41. The zero-order chi connectivity index (χ0) is 15.8. The standard InChI is InChI=1S/C16H23N3O3/c1-12(20)18-14-4-2-13(3-5-14)6-9-17-16(21)19-15-7-10-22-11-8-15/h2-5,15H,6-11H2,1H3,(H,18,20)(H2,17,19,21). The molecule has 0 saturated carbocycles. The molecular formula is C16H23N3O3. The van der Waals surface area contributed by atoms with Crippen LogP contribution < -0.4 is 16.0 Å². The van der Waals surface area contributed by atoms with Crippen molar-refractivity contribution >= 4 is 17.6 Å². The van der Waals surface area contributed by atoms with E-state index in [1.165, 1.54) is 6.92 Å². The highest BCUT2D eigenvalue weighted by Gasteiger charge is 2.15. The molecule has 6 nitrogen and oxygen atoms in total. The summed E-state index contributed by atoms with van der Waals surface area (Å²) in [7, 11) is 0. The summed E-state index contributed by atoms with van der Waals surface area (Å²) in [5.74, 6) is -0.0841. The number of carbonyl (C=O) groups excluding carboxylic acids is 2. The van der Waals surface area contributed by atoms with Gasteiger partial charge < -0.3 is 20.7 Å². The normalized spacial score (nSPS) is 15.1. The molecule has 0 spiro atoms. The van der Waals surface area contributed by atoms with Crippen LogP contribution in [0.1, 0.15) is 25.3 Å². The van der Waals surface area contributed by atoms with Gasteiger partial charge in [0.05, 0.1) is 0 Å². The average Bonchev–Trinajstić information content (AvgIpc) is 2.49. The van der Waals surface area contributed by atoms with E-state index in [-0.39, 0.29) is 18.0 Å². The molecule has 1 saturated heterocycles. The maximum atomic E-state index is 11.8. The van der Waals surface area contributed by atoms with E-state index in [0.717, 1.165) is 30.5 Å². The van der Waals surface area contributed by atoms with Crippen molar-refractivity contribution in [3.05, 3.63) is 29.8 Å². The van der Waals surface area contributed by atoms with E-state index in [4.69, 9.17) is 4.74 Å². The van der Waals surface area contributed by atoms with Crippen LogP contribution in [0.4, 0.5) is 10.5 Å². The summed E-state index contributed by atoms with van der Waals surface area (Å²) in [4.78, 5) is 22.7. The van der Waals surface area contributed by atoms with Gasteiger partial charge in [0.2, 0.25) is 5.91 Å². The zero-order valence-electron chi connectivity index (χ0n) is 12.9. The van der Waals surface area contributed by atoms with Gasteiger partial charge in [-0.05, 0) is 37.0 Å². The van der Waals surface area contributed by atoms with Crippen LogP contribution in [0.15, 0.2) is 24.3 Å². The maximum absolute atomic E-state index is 11.8. The number of amides is 3. The van der Waals surface area contributed by atoms with Crippen LogP contribution in [0.3, 0.4) is 0 Å². The first kappa shape index (κ1) is 16.3. The van der Waals surface area contributed by atoms with Gasteiger partial charge in [-0.25, -0.2) is 4.79 Å². The lowest BCUT2D eigenvalue weighted by molar-refractivity contribution is -0.114. The van der Waals surface area contributed by atoms with Gasteiger partial charge in [0.1, 0.15) is 0 Å². The van der Waals surface area contributed by atoms with Crippen molar-refractivity contribution in [1.29, 1.82) is 0 Å². The number of hydrogen-bond donors (Lipinski definition) is 3. The van der Waals surface area contributed by atoms with Crippen LogP contribution in [-0.2, 0) is 16.0 Å². The Balaban J connectivity index is 1.67. The first-order chi connectivity index (χ1) is 10.6. The van der Waals surface area contributed by atoms with E-state index in [1.54, 1.807) is 0 Å². The van der Waals surface area contributed by atoms with Crippen molar-refractivity contribution < 1.29 is 14.3 Å². The lowest BCUT2D eigenvalue weighted by Gasteiger charge is -2.23. The molecule has 0 aliphatic carbocycles. The van der Waals surface area contributed by atoms with Gasteiger partial charge in [0.15, 0.2) is 0 Å². The van der Waals surface area contributed by atoms with E-state index in [0.29, 0.717) is 19.8 Å². The second kappa shape index (κ2) is 8.38. The number of anilines is 1. The van der Waals surface area contributed by atoms with Crippen molar-refractivity contribution in [2.75, 3.05) is 25.1 Å². The van der Waals surface area contributed by atoms with E-state index in [2.05, 4.69) is 16.0 Å². The van der Waals surface area contributed by atoms with Crippen molar-refractivity contribution in [1.82, 2.24) is 10.6 Å². The summed E-state index contributed by atoms with van der Waals surface area (Å²) < 4.78 is 5.26. The molecule has 0 bridgehead atoms. The minimum atomic E-state index is -0.123. The number of urea groups is 1. The van der Waals surface area contributed by atoms with Gasteiger partial charge in [-0.1, -0.05) is 12.1 Å². The number of hydrogen-bond acceptors (Lipinski definition) is 3. The largest absolute Gasteiger partial charge is 0.381 e. The first-order valence-electron chi connectivity index (χ1n) is 7.62. The number of rotatable bonds is 5. The third-order valence-corrected chi connectivity index (χ3v) is 3.53. The Bertz CT molecular complexity index is 496. The van der Waals surface area contributed by atoms with E-state index >= 15 is 0 Å². The lowest BCUT2D eigenvalue weighted by Crippen LogP contribution is -2.44. The fraction of sp³-hybridized carbons (Fsp3) is 0.500. The van der Waals surface area contributed by atoms with Crippen LogP contribution in [-0.4, -0.2) is 37.7 Å². The molecular weight excluding hydrogens is 282 g/mol. The molecule has 0 unspecified atom stereocenters. The Kier molecular flexibility index (Phi) is 6.21. The van der Waals surface area contributed by atoms with Gasteiger partial charge in [0.25, 0.3) is 0 Å². The Morgan fingerprint density at radius 3 is 2.50 bits per heavy atom. The predicted molar refractivity (Wildman–Crippen MR) is 84.8 cm³/mol. The Hall–Kier alpha value is -2.08. The van der Waals surface area contributed by atoms with Crippen LogP contribution in [0, 0.1) is 0 Å². The Morgan fingerprint density at radius 1 is 1.18 bits per heavy atom. The first-order valence-corrected chi connectivity index (χ1v) is 7.62. The Morgan fingerprint density at radius 2 is 1.86 bits per heavy atom. The molecule has 0 aromatic heterocycles. The fourth-order valence-electron chi connectivity index (χ4n) is 2.36. The molecule has 120 valence electrons. The topological polar surface area (TPSA) is 79.5 Å². The van der Waals surface area contributed by atoms with E-state index in [9.17, 15) is 9.59 Å². The minimum Gasteiger partial charge on any atom is -0.381 e.